The van der Waals surface area contributed by atoms with Crippen LogP contribution in [0.5, 0.6) is 0 Å². The van der Waals surface area contributed by atoms with Gasteiger partial charge in [-0.2, -0.15) is 0 Å². The molecule has 31 heavy (non-hydrogen) atoms. The number of ether oxygens (including phenoxy) is 2. The van der Waals surface area contributed by atoms with E-state index >= 15 is 0 Å². The molecule has 1 aliphatic carbocycles. The average Bonchev–Trinajstić information content (AvgIpc) is 3.03. The smallest absolute Gasteiger partial charge is 0.407 e. The molecule has 2 unspecified atom stereocenters. The van der Waals surface area contributed by atoms with Crippen molar-refractivity contribution in [2.24, 2.45) is 0 Å². The Kier molecular flexibility index (Phi) is 10.3. The minimum absolute atomic E-state index is 0.0808. The zero-order chi connectivity index (χ0) is 23.6. The van der Waals surface area contributed by atoms with E-state index in [1.165, 1.54) is 0 Å². The van der Waals surface area contributed by atoms with Gasteiger partial charge in [0.1, 0.15) is 18.2 Å². The first-order valence-corrected chi connectivity index (χ1v) is 11.0. The van der Waals surface area contributed by atoms with Crippen molar-refractivity contribution in [1.29, 1.82) is 0 Å². The van der Waals surface area contributed by atoms with Gasteiger partial charge < -0.3 is 14.8 Å². The number of hydrogen-bond donors (Lipinski definition) is 1. The number of carbonyl (C=O) groups is 2. The number of esters is 1. The SMILES string of the molecule is C=CC1=C(/C=C\C)C(COC(=O)NC(CC)C(=O)OC(C)(C)C)c2ccccc21.CC. The Morgan fingerprint density at radius 3 is 2.42 bits per heavy atom. The van der Waals surface area contributed by atoms with Crippen molar-refractivity contribution >= 4 is 17.6 Å². The second kappa shape index (κ2) is 12.1. The summed E-state index contributed by atoms with van der Waals surface area (Å²) in [7, 11) is 0. The molecule has 0 spiro atoms. The Labute approximate surface area is 187 Å². The van der Waals surface area contributed by atoms with Crippen LogP contribution in [0.4, 0.5) is 4.79 Å². The monoisotopic (exact) mass is 427 g/mol. The highest BCUT2D eigenvalue weighted by atomic mass is 16.6. The van der Waals surface area contributed by atoms with Crippen LogP contribution in [0.1, 0.15) is 71.9 Å². The van der Waals surface area contributed by atoms with Crippen LogP contribution in [0, 0.1) is 0 Å². The summed E-state index contributed by atoms with van der Waals surface area (Å²) in [4.78, 5) is 24.6. The van der Waals surface area contributed by atoms with Gasteiger partial charge in [0.15, 0.2) is 0 Å². The molecule has 0 radical (unpaired) electrons. The molecule has 5 nitrogen and oxygen atoms in total. The van der Waals surface area contributed by atoms with Gasteiger partial charge >= 0.3 is 12.1 Å². The third kappa shape index (κ3) is 7.12. The lowest BCUT2D eigenvalue weighted by Gasteiger charge is -2.24. The Morgan fingerprint density at radius 1 is 1.23 bits per heavy atom. The van der Waals surface area contributed by atoms with Crippen LogP contribution < -0.4 is 5.32 Å². The number of allylic oxidation sites excluding steroid dienone is 4. The summed E-state index contributed by atoms with van der Waals surface area (Å²) in [6.45, 7) is 17.2. The molecule has 2 rings (SSSR count). The van der Waals surface area contributed by atoms with E-state index in [4.69, 9.17) is 9.47 Å². The molecule has 0 aliphatic heterocycles. The molecule has 2 atom stereocenters. The van der Waals surface area contributed by atoms with E-state index in [0.717, 1.165) is 22.3 Å². The Hall–Kier alpha value is -2.82. The molecule has 0 aromatic heterocycles. The maximum atomic E-state index is 12.4. The summed E-state index contributed by atoms with van der Waals surface area (Å²) < 4.78 is 10.9. The standard InChI is InChI=1S/C24H31NO4.C2H6/c1-7-12-17-16(8-2)18-13-10-11-14-19(18)20(17)15-28-23(27)25-21(9-3)22(26)29-24(4,5)6;1-2/h7-8,10-14,20-21H,2,9,15H2,1,3-6H3,(H,25,27);1-2H3/b12-7-;. The molecule has 0 heterocycles. The molecule has 0 saturated carbocycles. The maximum Gasteiger partial charge on any atom is 0.407 e. The first-order chi connectivity index (χ1) is 14.7. The van der Waals surface area contributed by atoms with Crippen LogP contribution >= 0.6 is 0 Å². The van der Waals surface area contributed by atoms with Gasteiger partial charge in [0, 0.05) is 5.92 Å². The fraction of sp³-hybridized carbons (Fsp3) is 0.462. The van der Waals surface area contributed by atoms with Gasteiger partial charge in [0.2, 0.25) is 0 Å². The molecule has 1 aromatic rings. The van der Waals surface area contributed by atoms with Crippen molar-refractivity contribution in [2.75, 3.05) is 6.61 Å². The van der Waals surface area contributed by atoms with Crippen LogP contribution in [0.15, 0.2) is 54.6 Å². The lowest BCUT2D eigenvalue weighted by Crippen LogP contribution is -2.44. The molecule has 0 saturated heterocycles. The maximum absolute atomic E-state index is 12.4. The number of nitrogens with one attached hydrogen (secondary N) is 1. The minimum atomic E-state index is -0.744. The van der Waals surface area contributed by atoms with E-state index in [0.29, 0.717) is 6.42 Å². The molecule has 5 heteroatoms. The van der Waals surface area contributed by atoms with Crippen LogP contribution in [-0.2, 0) is 14.3 Å². The van der Waals surface area contributed by atoms with Gasteiger partial charge in [-0.05, 0) is 56.4 Å². The summed E-state index contributed by atoms with van der Waals surface area (Å²) in [5.74, 6) is -0.547. The third-order valence-electron chi connectivity index (χ3n) is 4.64. The predicted molar refractivity (Wildman–Crippen MR) is 127 cm³/mol. The van der Waals surface area contributed by atoms with Crippen molar-refractivity contribution in [3.63, 3.8) is 0 Å². The van der Waals surface area contributed by atoms with Crippen molar-refractivity contribution in [1.82, 2.24) is 5.32 Å². The zero-order valence-electron chi connectivity index (χ0n) is 20.0. The van der Waals surface area contributed by atoms with Gasteiger partial charge in [-0.15, -0.1) is 0 Å². The number of carbonyl (C=O) groups excluding carboxylic acids is 2. The van der Waals surface area contributed by atoms with Gasteiger partial charge in [-0.25, -0.2) is 9.59 Å². The summed E-state index contributed by atoms with van der Waals surface area (Å²) in [6, 6.07) is 7.30. The van der Waals surface area contributed by atoms with Crippen molar-refractivity contribution in [3.05, 3.63) is 65.8 Å². The van der Waals surface area contributed by atoms with Crippen molar-refractivity contribution < 1.29 is 19.1 Å². The number of amides is 1. The van der Waals surface area contributed by atoms with E-state index in [-0.39, 0.29) is 12.5 Å². The molecule has 170 valence electrons. The van der Waals surface area contributed by atoms with E-state index in [2.05, 4.69) is 11.9 Å². The van der Waals surface area contributed by atoms with Crippen LogP contribution in [0.2, 0.25) is 0 Å². The molecule has 1 N–H and O–H groups in total. The Bertz CT molecular complexity index is 830. The highest BCUT2D eigenvalue weighted by Gasteiger charge is 2.30. The topological polar surface area (TPSA) is 64.6 Å². The van der Waals surface area contributed by atoms with E-state index in [9.17, 15) is 9.59 Å². The van der Waals surface area contributed by atoms with Gasteiger partial charge in [0.05, 0.1) is 0 Å². The molecular weight excluding hydrogens is 390 g/mol. The highest BCUT2D eigenvalue weighted by molar-refractivity contribution is 5.86. The number of hydrogen-bond acceptors (Lipinski definition) is 4. The van der Waals surface area contributed by atoms with E-state index < -0.39 is 23.7 Å². The first kappa shape index (κ1) is 26.2. The van der Waals surface area contributed by atoms with Crippen LogP contribution in [0.3, 0.4) is 0 Å². The number of rotatable bonds is 7. The second-order valence-corrected chi connectivity index (χ2v) is 7.95. The first-order valence-electron chi connectivity index (χ1n) is 11.0. The van der Waals surface area contributed by atoms with Gasteiger partial charge in [0.25, 0.3) is 0 Å². The second-order valence-electron chi connectivity index (χ2n) is 7.95. The predicted octanol–water partition coefficient (Wildman–Crippen LogP) is 6.17. The highest BCUT2D eigenvalue weighted by Crippen LogP contribution is 2.43. The largest absolute Gasteiger partial charge is 0.458 e. The molecule has 1 aromatic carbocycles. The summed E-state index contributed by atoms with van der Waals surface area (Å²) in [5, 5.41) is 2.62. The molecule has 0 fully saturated rings. The van der Waals surface area contributed by atoms with Crippen molar-refractivity contribution in [2.45, 2.75) is 72.4 Å². The minimum Gasteiger partial charge on any atom is -0.458 e. The van der Waals surface area contributed by atoms with E-state index in [1.807, 2.05) is 70.2 Å². The van der Waals surface area contributed by atoms with Crippen LogP contribution in [0.25, 0.3) is 5.57 Å². The summed E-state index contributed by atoms with van der Waals surface area (Å²) >= 11 is 0. The fourth-order valence-electron chi connectivity index (χ4n) is 3.39. The lowest BCUT2D eigenvalue weighted by molar-refractivity contribution is -0.157. The normalized spacial score (nSPS) is 16.2. The molecule has 0 bridgehead atoms. The van der Waals surface area contributed by atoms with E-state index in [1.54, 1.807) is 20.8 Å². The summed E-state index contributed by atoms with van der Waals surface area (Å²) in [6.07, 6.45) is 5.61. The molecule has 1 aliphatic rings. The average molecular weight is 428 g/mol. The Balaban J connectivity index is 0.00000233. The number of fused-ring (bicyclic) bond motifs is 1. The van der Waals surface area contributed by atoms with Gasteiger partial charge in [-0.1, -0.05) is 69.8 Å². The van der Waals surface area contributed by atoms with Crippen molar-refractivity contribution in [3.8, 4) is 0 Å². The van der Waals surface area contributed by atoms with Crippen LogP contribution in [-0.4, -0.2) is 30.3 Å². The molecule has 1 amide bonds. The number of benzene rings is 1. The van der Waals surface area contributed by atoms with Gasteiger partial charge in [-0.3, -0.25) is 0 Å². The number of alkyl carbamates (subject to hydrolysis) is 1. The lowest BCUT2D eigenvalue weighted by atomic mass is 9.96. The quantitative estimate of drug-likeness (QED) is 0.528. The zero-order valence-corrected chi connectivity index (χ0v) is 20.0. The Morgan fingerprint density at radius 2 is 1.87 bits per heavy atom. The molecular formula is C26H37NO4. The fourth-order valence-corrected chi connectivity index (χ4v) is 3.39. The third-order valence-corrected chi connectivity index (χ3v) is 4.64. The summed E-state index contributed by atoms with van der Waals surface area (Å²) in [5.41, 5.74) is 3.70.